The first-order valence-corrected chi connectivity index (χ1v) is 9.07. The minimum absolute atomic E-state index is 0.275. The number of aliphatic hydroxyl groups is 1. The maximum atomic E-state index is 12.5. The lowest BCUT2D eigenvalue weighted by molar-refractivity contribution is 0.0598. The molecule has 1 N–H and O–H groups in total. The first-order valence-electron chi connectivity index (χ1n) is 9.07. The standard InChI is InChI=1S/C22H25NO5/c1-14(24)9-19(15-10-17(26-2)13-18(11-15)27-3)21-20(22(25)28-4)12-16-7-5-6-8-23(16)21/h5-8,10-14,19,24H,9H2,1-4H3. The molecule has 1 aromatic carbocycles. The van der Waals surface area contributed by atoms with Crippen LogP contribution in [0, 0.1) is 0 Å². The van der Waals surface area contributed by atoms with E-state index < -0.39 is 12.1 Å². The van der Waals surface area contributed by atoms with Crippen LogP contribution in [0.15, 0.2) is 48.7 Å². The van der Waals surface area contributed by atoms with E-state index in [0.717, 1.165) is 16.8 Å². The van der Waals surface area contributed by atoms with Crippen molar-refractivity contribution in [2.75, 3.05) is 21.3 Å². The second-order valence-corrected chi connectivity index (χ2v) is 6.71. The maximum Gasteiger partial charge on any atom is 0.339 e. The van der Waals surface area contributed by atoms with Gasteiger partial charge in [0, 0.05) is 29.4 Å². The Morgan fingerprint density at radius 1 is 1.07 bits per heavy atom. The molecule has 2 unspecified atom stereocenters. The monoisotopic (exact) mass is 383 g/mol. The Morgan fingerprint density at radius 2 is 1.75 bits per heavy atom. The molecule has 28 heavy (non-hydrogen) atoms. The Kier molecular flexibility index (Phi) is 5.90. The molecule has 3 rings (SSSR count). The Hall–Kier alpha value is -2.99. The fourth-order valence-corrected chi connectivity index (χ4v) is 3.55. The number of methoxy groups -OCH3 is 3. The first-order chi connectivity index (χ1) is 13.5. The second kappa shape index (κ2) is 8.35. The fourth-order valence-electron chi connectivity index (χ4n) is 3.55. The molecular weight excluding hydrogens is 358 g/mol. The number of hydrogen-bond acceptors (Lipinski definition) is 5. The van der Waals surface area contributed by atoms with Crippen molar-refractivity contribution in [3.8, 4) is 11.5 Å². The predicted molar refractivity (Wildman–Crippen MR) is 106 cm³/mol. The number of hydrogen-bond donors (Lipinski definition) is 1. The van der Waals surface area contributed by atoms with Crippen LogP contribution in [0.2, 0.25) is 0 Å². The van der Waals surface area contributed by atoms with Gasteiger partial charge in [-0.05, 0) is 49.2 Å². The van der Waals surface area contributed by atoms with Gasteiger partial charge in [0.05, 0.1) is 33.0 Å². The van der Waals surface area contributed by atoms with Crippen LogP contribution in [0.1, 0.15) is 40.9 Å². The molecule has 0 radical (unpaired) electrons. The number of pyridine rings is 1. The third-order valence-corrected chi connectivity index (χ3v) is 4.81. The number of aromatic nitrogens is 1. The van der Waals surface area contributed by atoms with Crippen molar-refractivity contribution in [1.82, 2.24) is 4.40 Å². The van der Waals surface area contributed by atoms with E-state index in [-0.39, 0.29) is 5.92 Å². The highest BCUT2D eigenvalue weighted by atomic mass is 16.5. The normalized spacial score (nSPS) is 13.2. The van der Waals surface area contributed by atoms with E-state index in [9.17, 15) is 9.90 Å². The SMILES string of the molecule is COC(=O)c1cc2ccccn2c1C(CC(C)O)c1cc(OC)cc(OC)c1. The lowest BCUT2D eigenvalue weighted by Crippen LogP contribution is -2.16. The molecule has 2 aromatic heterocycles. The molecular formula is C22H25NO5. The largest absolute Gasteiger partial charge is 0.497 e. The van der Waals surface area contributed by atoms with Crippen molar-refractivity contribution < 1.29 is 24.1 Å². The van der Waals surface area contributed by atoms with Crippen LogP contribution in [0.3, 0.4) is 0 Å². The van der Waals surface area contributed by atoms with Crippen molar-refractivity contribution in [3.05, 3.63) is 65.5 Å². The number of aliphatic hydroxyl groups excluding tert-OH is 1. The zero-order valence-corrected chi connectivity index (χ0v) is 16.5. The Bertz CT molecular complexity index is 954. The lowest BCUT2D eigenvalue weighted by atomic mass is 9.88. The molecule has 0 aliphatic heterocycles. The summed E-state index contributed by atoms with van der Waals surface area (Å²) in [7, 11) is 4.55. The van der Waals surface area contributed by atoms with Crippen molar-refractivity contribution in [3.63, 3.8) is 0 Å². The summed E-state index contributed by atoms with van der Waals surface area (Å²) in [6.45, 7) is 1.73. The quantitative estimate of drug-likeness (QED) is 0.631. The van der Waals surface area contributed by atoms with Gasteiger partial charge in [-0.3, -0.25) is 0 Å². The molecule has 0 bridgehead atoms. The number of fused-ring (bicyclic) bond motifs is 1. The van der Waals surface area contributed by atoms with Crippen molar-refractivity contribution in [2.24, 2.45) is 0 Å². The zero-order chi connectivity index (χ0) is 20.3. The van der Waals surface area contributed by atoms with Gasteiger partial charge < -0.3 is 23.7 Å². The van der Waals surface area contributed by atoms with E-state index in [1.807, 2.05) is 47.0 Å². The summed E-state index contributed by atoms with van der Waals surface area (Å²) in [6, 6.07) is 13.2. The third kappa shape index (κ3) is 3.82. The number of carbonyl (C=O) groups is 1. The van der Waals surface area contributed by atoms with E-state index in [0.29, 0.717) is 23.5 Å². The highest BCUT2D eigenvalue weighted by molar-refractivity contribution is 5.93. The smallest absolute Gasteiger partial charge is 0.339 e. The molecule has 0 saturated heterocycles. The second-order valence-electron chi connectivity index (χ2n) is 6.71. The molecule has 2 heterocycles. The molecule has 0 amide bonds. The van der Waals surface area contributed by atoms with E-state index in [2.05, 4.69) is 0 Å². The summed E-state index contributed by atoms with van der Waals surface area (Å²) in [5.41, 5.74) is 2.99. The van der Waals surface area contributed by atoms with Crippen LogP contribution < -0.4 is 9.47 Å². The van der Waals surface area contributed by atoms with E-state index in [1.165, 1.54) is 7.11 Å². The van der Waals surface area contributed by atoms with Crippen LogP contribution in [0.4, 0.5) is 0 Å². The number of carbonyl (C=O) groups excluding carboxylic acids is 1. The average Bonchev–Trinajstić information content (AvgIpc) is 3.10. The first kappa shape index (κ1) is 19.8. The predicted octanol–water partition coefficient (Wildman–Crippen LogP) is 3.65. The molecule has 0 saturated carbocycles. The van der Waals surface area contributed by atoms with Crippen LogP contribution >= 0.6 is 0 Å². The average molecular weight is 383 g/mol. The van der Waals surface area contributed by atoms with Crippen molar-refractivity contribution >= 4 is 11.5 Å². The van der Waals surface area contributed by atoms with Gasteiger partial charge >= 0.3 is 5.97 Å². The molecule has 0 fully saturated rings. The number of esters is 1. The van der Waals surface area contributed by atoms with Gasteiger partial charge in [0.25, 0.3) is 0 Å². The molecule has 148 valence electrons. The minimum Gasteiger partial charge on any atom is -0.497 e. The summed E-state index contributed by atoms with van der Waals surface area (Å²) in [6.07, 6.45) is 1.74. The minimum atomic E-state index is -0.582. The van der Waals surface area contributed by atoms with Crippen LogP contribution in [-0.2, 0) is 4.74 Å². The molecule has 6 heteroatoms. The molecule has 3 aromatic rings. The van der Waals surface area contributed by atoms with Gasteiger partial charge in [-0.2, -0.15) is 0 Å². The number of rotatable bonds is 7. The molecule has 6 nitrogen and oxygen atoms in total. The van der Waals surface area contributed by atoms with Gasteiger partial charge in [0.1, 0.15) is 11.5 Å². The highest BCUT2D eigenvalue weighted by Crippen LogP contribution is 2.37. The van der Waals surface area contributed by atoms with Crippen molar-refractivity contribution in [1.29, 1.82) is 0 Å². The van der Waals surface area contributed by atoms with Crippen LogP contribution in [-0.4, -0.2) is 42.9 Å². The van der Waals surface area contributed by atoms with Gasteiger partial charge in [-0.15, -0.1) is 0 Å². The van der Waals surface area contributed by atoms with Gasteiger partial charge in [0.15, 0.2) is 0 Å². The zero-order valence-electron chi connectivity index (χ0n) is 16.5. The molecule has 0 aliphatic carbocycles. The maximum absolute atomic E-state index is 12.5. The Morgan fingerprint density at radius 3 is 2.32 bits per heavy atom. The highest BCUT2D eigenvalue weighted by Gasteiger charge is 2.27. The van der Waals surface area contributed by atoms with Crippen molar-refractivity contribution in [2.45, 2.75) is 25.4 Å². The number of nitrogens with zero attached hydrogens (tertiary/aromatic N) is 1. The fraction of sp³-hybridized carbons (Fsp3) is 0.318. The van der Waals surface area contributed by atoms with Crippen LogP contribution in [0.25, 0.3) is 5.52 Å². The third-order valence-electron chi connectivity index (χ3n) is 4.81. The lowest BCUT2D eigenvalue weighted by Gasteiger charge is -2.22. The number of ether oxygens (including phenoxy) is 3. The van der Waals surface area contributed by atoms with E-state index >= 15 is 0 Å². The van der Waals surface area contributed by atoms with Gasteiger partial charge in [-0.25, -0.2) is 4.79 Å². The molecule has 0 aliphatic rings. The summed E-state index contributed by atoms with van der Waals surface area (Å²) in [4.78, 5) is 12.5. The van der Waals surface area contributed by atoms with Gasteiger partial charge in [0.2, 0.25) is 0 Å². The topological polar surface area (TPSA) is 69.4 Å². The molecule has 2 atom stereocenters. The Labute approximate surface area is 164 Å². The van der Waals surface area contributed by atoms with E-state index in [4.69, 9.17) is 14.2 Å². The summed E-state index contributed by atoms with van der Waals surface area (Å²) >= 11 is 0. The van der Waals surface area contributed by atoms with Gasteiger partial charge in [-0.1, -0.05) is 6.07 Å². The number of benzene rings is 1. The summed E-state index contributed by atoms with van der Waals surface area (Å²) in [5.74, 6) is 0.600. The van der Waals surface area contributed by atoms with Crippen LogP contribution in [0.5, 0.6) is 11.5 Å². The molecule has 0 spiro atoms. The van der Waals surface area contributed by atoms with E-state index in [1.54, 1.807) is 27.2 Å². The summed E-state index contributed by atoms with van der Waals surface area (Å²) < 4.78 is 17.8. The summed E-state index contributed by atoms with van der Waals surface area (Å²) in [5, 5.41) is 10.2. The Balaban J connectivity index is 2.28.